The summed E-state index contributed by atoms with van der Waals surface area (Å²) in [6.45, 7) is 5.37. The van der Waals surface area contributed by atoms with Crippen molar-refractivity contribution in [2.24, 2.45) is 5.92 Å². The fraction of sp³-hybridized carbons (Fsp3) is 0.474. The molecule has 0 bridgehead atoms. The van der Waals surface area contributed by atoms with E-state index in [0.717, 1.165) is 18.4 Å². The van der Waals surface area contributed by atoms with E-state index in [2.05, 4.69) is 5.32 Å². The highest BCUT2D eigenvalue weighted by molar-refractivity contribution is 5.97. The molecular weight excluding hydrogens is 322 g/mol. The van der Waals surface area contributed by atoms with Crippen LogP contribution in [-0.4, -0.2) is 42.8 Å². The molecule has 0 spiro atoms. The lowest BCUT2D eigenvalue weighted by Crippen LogP contribution is -2.48. The van der Waals surface area contributed by atoms with Gasteiger partial charge in [0.25, 0.3) is 5.91 Å². The zero-order chi connectivity index (χ0) is 18.2. The molecule has 1 aromatic carbocycles. The van der Waals surface area contributed by atoms with E-state index in [1.807, 2.05) is 19.9 Å². The van der Waals surface area contributed by atoms with Gasteiger partial charge in [0.2, 0.25) is 0 Å². The number of benzene rings is 1. The van der Waals surface area contributed by atoms with Crippen LogP contribution in [0, 0.1) is 5.92 Å². The molecule has 0 radical (unpaired) electrons. The number of ether oxygens (including phenoxy) is 2. The van der Waals surface area contributed by atoms with E-state index in [1.54, 1.807) is 24.3 Å². The van der Waals surface area contributed by atoms with Crippen LogP contribution in [0.3, 0.4) is 0 Å². The molecule has 136 valence electrons. The van der Waals surface area contributed by atoms with Crippen LogP contribution in [-0.2, 0) is 9.53 Å². The average molecular weight is 347 g/mol. The Balaban J connectivity index is 2.03. The van der Waals surface area contributed by atoms with E-state index in [0.29, 0.717) is 31.1 Å². The normalized spacial score (nSPS) is 18.1. The Morgan fingerprint density at radius 2 is 2.24 bits per heavy atom. The number of carboxylic acid groups (broad SMARTS) is 1. The lowest BCUT2D eigenvalue weighted by atomic mass is 9.93. The van der Waals surface area contributed by atoms with Gasteiger partial charge in [0, 0.05) is 18.1 Å². The highest BCUT2D eigenvalue weighted by Gasteiger charge is 2.31. The number of carboxylic acids is 1. The summed E-state index contributed by atoms with van der Waals surface area (Å²) in [5.74, 6) is -1.12. The number of hydrogen-bond donors (Lipinski definition) is 2. The fourth-order valence-electron chi connectivity index (χ4n) is 2.67. The second-order valence-electron chi connectivity index (χ2n) is 6.39. The van der Waals surface area contributed by atoms with Crippen molar-refractivity contribution >= 4 is 11.9 Å². The first kappa shape index (κ1) is 19.0. The third kappa shape index (κ3) is 5.90. The van der Waals surface area contributed by atoms with E-state index in [9.17, 15) is 14.7 Å². The van der Waals surface area contributed by atoms with E-state index < -0.39 is 17.9 Å². The SMILES string of the molecule is CC(C)=CCOc1cccc(C(=O)NC(C(=O)O)C2CCCOC2)c1. The monoisotopic (exact) mass is 347 g/mol. The van der Waals surface area contributed by atoms with Crippen molar-refractivity contribution in [2.75, 3.05) is 19.8 Å². The minimum atomic E-state index is -1.04. The molecule has 0 saturated carbocycles. The van der Waals surface area contributed by atoms with Crippen molar-refractivity contribution in [3.63, 3.8) is 0 Å². The molecular formula is C19H25NO5. The molecule has 2 rings (SSSR count). The van der Waals surface area contributed by atoms with Crippen molar-refractivity contribution < 1.29 is 24.2 Å². The Kier molecular flexibility index (Phi) is 7.01. The number of nitrogens with one attached hydrogen (secondary N) is 1. The molecule has 6 nitrogen and oxygen atoms in total. The summed E-state index contributed by atoms with van der Waals surface area (Å²) < 4.78 is 10.9. The molecule has 0 aromatic heterocycles. The van der Waals surface area contributed by atoms with Crippen LogP contribution in [0.25, 0.3) is 0 Å². The first-order valence-electron chi connectivity index (χ1n) is 8.45. The molecule has 0 aliphatic carbocycles. The average Bonchev–Trinajstić information content (AvgIpc) is 2.60. The van der Waals surface area contributed by atoms with Gasteiger partial charge in [0.15, 0.2) is 0 Å². The lowest BCUT2D eigenvalue weighted by Gasteiger charge is -2.28. The van der Waals surface area contributed by atoms with Crippen LogP contribution in [0.5, 0.6) is 5.75 Å². The molecule has 1 amide bonds. The Bertz CT molecular complexity index is 630. The van der Waals surface area contributed by atoms with Gasteiger partial charge in [-0.1, -0.05) is 11.6 Å². The fourth-order valence-corrected chi connectivity index (χ4v) is 2.67. The number of rotatable bonds is 7. The van der Waals surface area contributed by atoms with Crippen LogP contribution in [0.2, 0.25) is 0 Å². The van der Waals surface area contributed by atoms with Gasteiger partial charge in [-0.05, 0) is 51.0 Å². The zero-order valence-corrected chi connectivity index (χ0v) is 14.7. The van der Waals surface area contributed by atoms with Gasteiger partial charge in [-0.3, -0.25) is 4.79 Å². The predicted octanol–water partition coefficient (Wildman–Crippen LogP) is 2.64. The first-order chi connectivity index (χ1) is 12.0. The summed E-state index contributed by atoms with van der Waals surface area (Å²) in [5, 5.41) is 12.1. The molecule has 1 aromatic rings. The maximum Gasteiger partial charge on any atom is 0.326 e. The second kappa shape index (κ2) is 9.22. The first-order valence-corrected chi connectivity index (χ1v) is 8.45. The minimum absolute atomic E-state index is 0.215. The molecule has 6 heteroatoms. The highest BCUT2D eigenvalue weighted by atomic mass is 16.5. The second-order valence-corrected chi connectivity index (χ2v) is 6.39. The molecule has 2 unspecified atom stereocenters. The van der Waals surface area contributed by atoms with Gasteiger partial charge >= 0.3 is 5.97 Å². The zero-order valence-electron chi connectivity index (χ0n) is 14.7. The van der Waals surface area contributed by atoms with Gasteiger partial charge < -0.3 is 19.9 Å². The van der Waals surface area contributed by atoms with E-state index >= 15 is 0 Å². The summed E-state index contributed by atoms with van der Waals surface area (Å²) in [6.07, 6.45) is 3.47. The van der Waals surface area contributed by atoms with Gasteiger partial charge in [-0.25, -0.2) is 4.79 Å². The van der Waals surface area contributed by atoms with Crippen molar-refractivity contribution in [1.29, 1.82) is 0 Å². The van der Waals surface area contributed by atoms with Crippen LogP contribution in [0.1, 0.15) is 37.0 Å². The maximum atomic E-state index is 12.5. The Morgan fingerprint density at radius 1 is 1.44 bits per heavy atom. The lowest BCUT2D eigenvalue weighted by molar-refractivity contribution is -0.142. The van der Waals surface area contributed by atoms with Crippen molar-refractivity contribution in [2.45, 2.75) is 32.7 Å². The smallest absolute Gasteiger partial charge is 0.326 e. The van der Waals surface area contributed by atoms with E-state index in [4.69, 9.17) is 9.47 Å². The van der Waals surface area contributed by atoms with Crippen LogP contribution >= 0.6 is 0 Å². The largest absolute Gasteiger partial charge is 0.490 e. The number of hydrogen-bond acceptors (Lipinski definition) is 4. The topological polar surface area (TPSA) is 84.9 Å². The van der Waals surface area contributed by atoms with Gasteiger partial charge in [-0.2, -0.15) is 0 Å². The molecule has 1 saturated heterocycles. The standard InChI is InChI=1S/C19H25NO5/c1-13(2)8-10-25-16-7-3-5-14(11-16)18(21)20-17(19(22)23)15-6-4-9-24-12-15/h3,5,7-8,11,15,17H,4,6,9-10,12H2,1-2H3,(H,20,21)(H,22,23). The highest BCUT2D eigenvalue weighted by Crippen LogP contribution is 2.19. The molecule has 1 heterocycles. The molecule has 1 aliphatic rings. The summed E-state index contributed by atoms with van der Waals surface area (Å²) in [7, 11) is 0. The predicted molar refractivity (Wildman–Crippen MR) is 93.8 cm³/mol. The number of carbonyl (C=O) groups excluding carboxylic acids is 1. The molecule has 2 N–H and O–H groups in total. The molecule has 25 heavy (non-hydrogen) atoms. The Labute approximate surface area is 147 Å². The minimum Gasteiger partial charge on any atom is -0.490 e. The van der Waals surface area contributed by atoms with Crippen molar-refractivity contribution in [3.05, 3.63) is 41.5 Å². The summed E-state index contributed by atoms with van der Waals surface area (Å²) >= 11 is 0. The number of aliphatic carboxylic acids is 1. The molecule has 2 atom stereocenters. The number of carbonyl (C=O) groups is 2. The van der Waals surface area contributed by atoms with Crippen molar-refractivity contribution in [3.8, 4) is 5.75 Å². The summed E-state index contributed by atoms with van der Waals surface area (Å²) in [4.78, 5) is 24.0. The van der Waals surface area contributed by atoms with Crippen LogP contribution in [0.4, 0.5) is 0 Å². The summed E-state index contributed by atoms with van der Waals surface area (Å²) in [6, 6.07) is 5.78. The van der Waals surface area contributed by atoms with E-state index in [-0.39, 0.29) is 5.92 Å². The van der Waals surface area contributed by atoms with Crippen molar-refractivity contribution in [1.82, 2.24) is 5.32 Å². The molecule has 1 fully saturated rings. The van der Waals surface area contributed by atoms with Gasteiger partial charge in [0.1, 0.15) is 18.4 Å². The number of amides is 1. The van der Waals surface area contributed by atoms with Crippen LogP contribution < -0.4 is 10.1 Å². The molecule has 1 aliphatic heterocycles. The quantitative estimate of drug-likeness (QED) is 0.741. The maximum absolute atomic E-state index is 12.5. The van der Waals surface area contributed by atoms with Gasteiger partial charge in [0.05, 0.1) is 6.61 Å². The Morgan fingerprint density at radius 3 is 2.88 bits per heavy atom. The third-order valence-corrected chi connectivity index (χ3v) is 4.06. The third-order valence-electron chi connectivity index (χ3n) is 4.06. The van der Waals surface area contributed by atoms with Gasteiger partial charge in [-0.15, -0.1) is 0 Å². The Hall–Kier alpha value is -2.34. The number of allylic oxidation sites excluding steroid dienone is 1. The summed E-state index contributed by atoms with van der Waals surface area (Å²) in [5.41, 5.74) is 1.52. The van der Waals surface area contributed by atoms with E-state index in [1.165, 1.54) is 0 Å². The van der Waals surface area contributed by atoms with Crippen LogP contribution in [0.15, 0.2) is 35.9 Å².